The molecule has 1 fully saturated rings. The van der Waals surface area contributed by atoms with Gasteiger partial charge < -0.3 is 10.6 Å². The van der Waals surface area contributed by atoms with Crippen LogP contribution in [0.25, 0.3) is 0 Å². The number of amides is 1. The van der Waals surface area contributed by atoms with E-state index >= 15 is 0 Å². The highest BCUT2D eigenvalue weighted by Crippen LogP contribution is 2.28. The third-order valence-corrected chi connectivity index (χ3v) is 2.68. The van der Waals surface area contributed by atoms with Crippen LogP contribution in [0.1, 0.15) is 37.2 Å². The molecule has 1 amide bonds. The van der Waals surface area contributed by atoms with E-state index in [-0.39, 0.29) is 11.7 Å². The van der Waals surface area contributed by atoms with E-state index in [1.807, 2.05) is 4.90 Å². The van der Waals surface area contributed by atoms with Crippen LogP contribution >= 0.6 is 0 Å². The number of rotatable bonds is 4. The van der Waals surface area contributed by atoms with Crippen molar-refractivity contribution in [1.29, 1.82) is 0 Å². The summed E-state index contributed by atoms with van der Waals surface area (Å²) in [5.74, 6) is 0.686. The summed E-state index contributed by atoms with van der Waals surface area (Å²) in [6.07, 6.45) is 5.11. The van der Waals surface area contributed by atoms with Gasteiger partial charge >= 0.3 is 0 Å². The summed E-state index contributed by atoms with van der Waals surface area (Å²) in [4.78, 5) is 22.1. The SMILES string of the molecule is CC(C)CN(C(=O)c1cncc(N)n1)C1CC1. The number of nitrogens with zero attached hydrogens (tertiary/aromatic N) is 3. The zero-order valence-electron chi connectivity index (χ0n) is 10.3. The Morgan fingerprint density at radius 3 is 2.76 bits per heavy atom. The first-order chi connectivity index (χ1) is 8.08. The Morgan fingerprint density at radius 1 is 1.53 bits per heavy atom. The number of nitrogens with two attached hydrogens (primary N) is 1. The minimum Gasteiger partial charge on any atom is -0.382 e. The van der Waals surface area contributed by atoms with Crippen molar-refractivity contribution in [1.82, 2.24) is 14.9 Å². The summed E-state index contributed by atoms with van der Waals surface area (Å²) in [5.41, 5.74) is 5.89. The molecule has 0 atom stereocenters. The molecule has 0 aromatic carbocycles. The number of carbonyl (C=O) groups is 1. The lowest BCUT2D eigenvalue weighted by Gasteiger charge is -2.23. The number of anilines is 1. The Morgan fingerprint density at radius 2 is 2.24 bits per heavy atom. The van der Waals surface area contributed by atoms with E-state index in [9.17, 15) is 4.79 Å². The predicted octanol–water partition coefficient (Wildman–Crippen LogP) is 1.32. The molecule has 0 unspecified atom stereocenters. The number of hydrogen-bond donors (Lipinski definition) is 1. The molecule has 1 aromatic heterocycles. The Bertz CT molecular complexity index is 415. The van der Waals surface area contributed by atoms with Gasteiger partial charge in [-0.3, -0.25) is 9.78 Å². The number of nitrogen functional groups attached to an aromatic ring is 1. The minimum atomic E-state index is -0.0546. The predicted molar refractivity (Wildman–Crippen MR) is 65.3 cm³/mol. The van der Waals surface area contributed by atoms with Crippen LogP contribution in [-0.2, 0) is 0 Å². The van der Waals surface area contributed by atoms with Gasteiger partial charge in [-0.25, -0.2) is 4.98 Å². The lowest BCUT2D eigenvalue weighted by molar-refractivity contribution is 0.0716. The molecule has 1 heterocycles. The van der Waals surface area contributed by atoms with Crippen LogP contribution in [0.4, 0.5) is 5.82 Å². The monoisotopic (exact) mass is 234 g/mol. The van der Waals surface area contributed by atoms with Crippen molar-refractivity contribution in [2.45, 2.75) is 32.7 Å². The maximum Gasteiger partial charge on any atom is 0.274 e. The molecule has 0 spiro atoms. The van der Waals surface area contributed by atoms with Crippen LogP contribution in [0, 0.1) is 5.92 Å². The quantitative estimate of drug-likeness (QED) is 0.852. The third kappa shape index (κ3) is 2.93. The highest BCUT2D eigenvalue weighted by Gasteiger charge is 2.33. The Labute approximate surface area is 101 Å². The average molecular weight is 234 g/mol. The molecule has 1 aliphatic rings. The maximum absolute atomic E-state index is 12.3. The van der Waals surface area contributed by atoms with E-state index < -0.39 is 0 Å². The molecule has 5 nitrogen and oxygen atoms in total. The molecule has 0 bridgehead atoms. The summed E-state index contributed by atoms with van der Waals surface area (Å²) in [5, 5.41) is 0. The van der Waals surface area contributed by atoms with Gasteiger partial charge in [-0.05, 0) is 18.8 Å². The molecule has 2 rings (SSSR count). The number of hydrogen-bond acceptors (Lipinski definition) is 4. The molecule has 0 radical (unpaired) electrons. The zero-order chi connectivity index (χ0) is 12.4. The fraction of sp³-hybridized carbons (Fsp3) is 0.583. The van der Waals surface area contributed by atoms with Crippen molar-refractivity contribution in [2.75, 3.05) is 12.3 Å². The first-order valence-electron chi connectivity index (χ1n) is 5.96. The van der Waals surface area contributed by atoms with Gasteiger partial charge in [0.1, 0.15) is 11.5 Å². The first-order valence-corrected chi connectivity index (χ1v) is 5.96. The fourth-order valence-corrected chi connectivity index (χ4v) is 1.81. The van der Waals surface area contributed by atoms with E-state index in [0.29, 0.717) is 17.7 Å². The second kappa shape index (κ2) is 4.69. The summed E-state index contributed by atoms with van der Waals surface area (Å²) in [6.45, 7) is 4.97. The van der Waals surface area contributed by atoms with Gasteiger partial charge in [0, 0.05) is 12.6 Å². The average Bonchev–Trinajstić information content (AvgIpc) is 3.08. The van der Waals surface area contributed by atoms with E-state index in [4.69, 9.17) is 5.73 Å². The van der Waals surface area contributed by atoms with Gasteiger partial charge in [0.2, 0.25) is 0 Å². The Balaban J connectivity index is 2.15. The van der Waals surface area contributed by atoms with Crippen molar-refractivity contribution in [3.63, 3.8) is 0 Å². The van der Waals surface area contributed by atoms with Crippen molar-refractivity contribution in [3.05, 3.63) is 18.1 Å². The standard InChI is InChI=1S/C12H18N4O/c1-8(2)7-16(9-3-4-9)12(17)10-5-14-6-11(13)15-10/h5-6,8-9H,3-4,7H2,1-2H3,(H2,13,15). The van der Waals surface area contributed by atoms with Crippen LogP contribution in [0.15, 0.2) is 12.4 Å². The molecule has 92 valence electrons. The Hall–Kier alpha value is -1.65. The lowest BCUT2D eigenvalue weighted by atomic mass is 10.2. The van der Waals surface area contributed by atoms with Crippen molar-refractivity contribution >= 4 is 11.7 Å². The van der Waals surface area contributed by atoms with Crippen LogP contribution in [0.2, 0.25) is 0 Å². The highest BCUT2D eigenvalue weighted by molar-refractivity contribution is 5.92. The van der Waals surface area contributed by atoms with Gasteiger partial charge in [0.05, 0.1) is 12.4 Å². The normalized spacial score (nSPS) is 15.0. The molecule has 1 aliphatic carbocycles. The maximum atomic E-state index is 12.3. The molecule has 1 saturated carbocycles. The molecule has 0 saturated heterocycles. The molecular weight excluding hydrogens is 216 g/mol. The Kier molecular flexibility index (Phi) is 3.26. The third-order valence-electron chi connectivity index (χ3n) is 2.68. The topological polar surface area (TPSA) is 72.1 Å². The van der Waals surface area contributed by atoms with Crippen molar-refractivity contribution in [3.8, 4) is 0 Å². The summed E-state index contributed by atoms with van der Waals surface area (Å²) in [7, 11) is 0. The number of carbonyl (C=O) groups excluding carboxylic acids is 1. The molecule has 2 N–H and O–H groups in total. The van der Waals surface area contributed by atoms with Crippen LogP contribution < -0.4 is 5.73 Å². The van der Waals surface area contributed by atoms with E-state index in [0.717, 1.165) is 19.4 Å². The molecule has 0 aliphatic heterocycles. The van der Waals surface area contributed by atoms with Crippen molar-refractivity contribution < 1.29 is 4.79 Å². The summed E-state index contributed by atoms with van der Waals surface area (Å²) < 4.78 is 0. The van der Waals surface area contributed by atoms with Gasteiger partial charge in [-0.15, -0.1) is 0 Å². The molecule has 5 heteroatoms. The zero-order valence-corrected chi connectivity index (χ0v) is 10.3. The van der Waals surface area contributed by atoms with Crippen LogP contribution in [0.3, 0.4) is 0 Å². The van der Waals surface area contributed by atoms with Crippen LogP contribution in [-0.4, -0.2) is 33.4 Å². The summed E-state index contributed by atoms with van der Waals surface area (Å²) >= 11 is 0. The first kappa shape index (κ1) is 11.8. The van der Waals surface area contributed by atoms with Crippen molar-refractivity contribution in [2.24, 2.45) is 5.92 Å². The fourth-order valence-electron chi connectivity index (χ4n) is 1.81. The van der Waals surface area contributed by atoms with Gasteiger partial charge in [0.25, 0.3) is 5.91 Å². The molecular formula is C12H18N4O. The largest absolute Gasteiger partial charge is 0.382 e. The summed E-state index contributed by atoms with van der Waals surface area (Å²) in [6, 6.07) is 0.383. The van der Waals surface area contributed by atoms with Gasteiger partial charge in [-0.1, -0.05) is 13.8 Å². The van der Waals surface area contributed by atoms with E-state index in [1.165, 1.54) is 12.4 Å². The van der Waals surface area contributed by atoms with E-state index in [2.05, 4.69) is 23.8 Å². The van der Waals surface area contributed by atoms with Crippen LogP contribution in [0.5, 0.6) is 0 Å². The minimum absolute atomic E-state index is 0.0546. The lowest BCUT2D eigenvalue weighted by Crippen LogP contribution is -2.36. The smallest absolute Gasteiger partial charge is 0.274 e. The second-order valence-electron chi connectivity index (χ2n) is 4.91. The number of aromatic nitrogens is 2. The van der Waals surface area contributed by atoms with Gasteiger partial charge in [0.15, 0.2) is 0 Å². The highest BCUT2D eigenvalue weighted by atomic mass is 16.2. The molecule has 1 aromatic rings. The molecule has 17 heavy (non-hydrogen) atoms. The van der Waals surface area contributed by atoms with Gasteiger partial charge in [-0.2, -0.15) is 0 Å². The van der Waals surface area contributed by atoms with E-state index in [1.54, 1.807) is 0 Å². The second-order valence-corrected chi connectivity index (χ2v) is 4.91.